The second kappa shape index (κ2) is 4.71. The number of likely N-dealkylation sites (N-methyl/N-ethyl adjacent to an activating group) is 1. The molecule has 1 fully saturated rings. The molecule has 0 radical (unpaired) electrons. The molecule has 1 heterocycles. The summed E-state index contributed by atoms with van der Waals surface area (Å²) in [6.45, 7) is 3.16. The van der Waals surface area contributed by atoms with E-state index in [4.69, 9.17) is 5.11 Å². The van der Waals surface area contributed by atoms with E-state index in [-0.39, 0.29) is 5.56 Å². The van der Waals surface area contributed by atoms with Crippen LogP contribution >= 0.6 is 0 Å². The minimum absolute atomic E-state index is 0.163. The Morgan fingerprint density at radius 1 is 1.29 bits per heavy atom. The first-order valence-electron chi connectivity index (χ1n) is 5.54. The Morgan fingerprint density at radius 3 is 2.53 bits per heavy atom. The third-order valence-corrected chi connectivity index (χ3v) is 3.03. The molecule has 2 rings (SSSR count). The average molecular weight is 238 g/mol. The maximum Gasteiger partial charge on any atom is 0.337 e. The molecule has 0 aliphatic carbocycles. The highest BCUT2D eigenvalue weighted by atomic mass is 19.1. The van der Waals surface area contributed by atoms with Gasteiger partial charge in [-0.2, -0.15) is 0 Å². The van der Waals surface area contributed by atoms with E-state index in [9.17, 15) is 9.18 Å². The lowest BCUT2D eigenvalue weighted by Crippen LogP contribution is -2.45. The topological polar surface area (TPSA) is 43.8 Å². The molecular formula is C12H15FN2O2. The summed E-state index contributed by atoms with van der Waals surface area (Å²) < 4.78 is 13.2. The van der Waals surface area contributed by atoms with Gasteiger partial charge in [0.1, 0.15) is 5.82 Å². The Kier molecular flexibility index (Phi) is 3.28. The van der Waals surface area contributed by atoms with Crippen molar-refractivity contribution in [2.24, 2.45) is 0 Å². The van der Waals surface area contributed by atoms with Crippen molar-refractivity contribution in [3.05, 3.63) is 29.6 Å². The number of hydrogen-bond acceptors (Lipinski definition) is 3. The fraction of sp³-hybridized carbons (Fsp3) is 0.417. The molecule has 0 bridgehead atoms. The van der Waals surface area contributed by atoms with Crippen LogP contribution in [0.15, 0.2) is 18.2 Å². The average Bonchev–Trinajstić information content (AvgIpc) is 2.29. The summed E-state index contributed by atoms with van der Waals surface area (Å²) in [5.41, 5.74) is 0.640. The SMILES string of the molecule is CN1CCN(c2cc(F)ccc2C(=O)O)CC1. The van der Waals surface area contributed by atoms with Crippen LogP contribution < -0.4 is 4.90 Å². The molecule has 92 valence electrons. The van der Waals surface area contributed by atoms with Gasteiger partial charge in [-0.3, -0.25) is 0 Å². The van der Waals surface area contributed by atoms with Gasteiger partial charge in [0.05, 0.1) is 11.3 Å². The fourth-order valence-electron chi connectivity index (χ4n) is 1.99. The molecule has 0 spiro atoms. The summed E-state index contributed by atoms with van der Waals surface area (Å²) in [4.78, 5) is 15.2. The number of hydrogen-bond donors (Lipinski definition) is 1. The van der Waals surface area contributed by atoms with Gasteiger partial charge < -0.3 is 14.9 Å². The normalized spacial score (nSPS) is 17.2. The summed E-state index contributed by atoms with van der Waals surface area (Å²) in [6.07, 6.45) is 0. The van der Waals surface area contributed by atoms with E-state index in [0.29, 0.717) is 5.69 Å². The number of benzene rings is 1. The number of rotatable bonds is 2. The smallest absolute Gasteiger partial charge is 0.337 e. The number of piperazine rings is 1. The lowest BCUT2D eigenvalue weighted by Gasteiger charge is -2.34. The van der Waals surface area contributed by atoms with Gasteiger partial charge in [-0.15, -0.1) is 0 Å². The van der Waals surface area contributed by atoms with E-state index in [0.717, 1.165) is 26.2 Å². The first kappa shape index (κ1) is 11.9. The quantitative estimate of drug-likeness (QED) is 0.842. The molecule has 0 atom stereocenters. The Hall–Kier alpha value is -1.62. The van der Waals surface area contributed by atoms with Gasteiger partial charge in [0.15, 0.2) is 0 Å². The summed E-state index contributed by atoms with van der Waals surface area (Å²) in [6, 6.07) is 3.81. The third-order valence-electron chi connectivity index (χ3n) is 3.03. The lowest BCUT2D eigenvalue weighted by molar-refractivity contribution is 0.0697. The van der Waals surface area contributed by atoms with E-state index in [2.05, 4.69) is 4.90 Å². The number of halogens is 1. The first-order chi connectivity index (χ1) is 8.08. The Morgan fingerprint density at radius 2 is 1.94 bits per heavy atom. The Balaban J connectivity index is 2.30. The summed E-state index contributed by atoms with van der Waals surface area (Å²) in [5.74, 6) is -1.41. The number of nitrogens with zero attached hydrogens (tertiary/aromatic N) is 2. The summed E-state index contributed by atoms with van der Waals surface area (Å²) >= 11 is 0. The van der Waals surface area contributed by atoms with Crippen molar-refractivity contribution in [1.29, 1.82) is 0 Å². The zero-order chi connectivity index (χ0) is 12.4. The van der Waals surface area contributed by atoms with Gasteiger partial charge >= 0.3 is 5.97 Å². The van der Waals surface area contributed by atoms with Gasteiger partial charge in [-0.1, -0.05) is 0 Å². The van der Waals surface area contributed by atoms with Crippen molar-refractivity contribution in [2.45, 2.75) is 0 Å². The van der Waals surface area contributed by atoms with Crippen molar-refractivity contribution in [1.82, 2.24) is 4.90 Å². The molecule has 1 aromatic rings. The van der Waals surface area contributed by atoms with Crippen LogP contribution in [-0.4, -0.2) is 49.2 Å². The fourth-order valence-corrected chi connectivity index (χ4v) is 1.99. The minimum atomic E-state index is -1.01. The number of carbonyl (C=O) groups is 1. The molecular weight excluding hydrogens is 223 g/mol. The third kappa shape index (κ3) is 2.55. The van der Waals surface area contributed by atoms with Crippen LogP contribution in [0.3, 0.4) is 0 Å². The molecule has 0 aromatic heterocycles. The monoisotopic (exact) mass is 238 g/mol. The van der Waals surface area contributed by atoms with Gasteiger partial charge in [0.2, 0.25) is 0 Å². The van der Waals surface area contributed by atoms with Crippen LogP contribution in [0, 0.1) is 5.82 Å². The van der Waals surface area contributed by atoms with Crippen molar-refractivity contribution >= 4 is 11.7 Å². The maximum absolute atomic E-state index is 13.2. The zero-order valence-electron chi connectivity index (χ0n) is 9.69. The van der Waals surface area contributed by atoms with Crippen molar-refractivity contribution < 1.29 is 14.3 Å². The number of anilines is 1. The molecule has 0 amide bonds. The van der Waals surface area contributed by atoms with Gasteiger partial charge in [-0.05, 0) is 25.2 Å². The lowest BCUT2D eigenvalue weighted by atomic mass is 10.1. The first-order valence-corrected chi connectivity index (χ1v) is 5.54. The van der Waals surface area contributed by atoms with Crippen LogP contribution in [0.2, 0.25) is 0 Å². The highest BCUT2D eigenvalue weighted by Gasteiger charge is 2.20. The second-order valence-corrected chi connectivity index (χ2v) is 4.26. The molecule has 17 heavy (non-hydrogen) atoms. The Bertz CT molecular complexity index is 429. The van der Waals surface area contributed by atoms with Gasteiger partial charge in [0.25, 0.3) is 0 Å². The summed E-state index contributed by atoms with van der Waals surface area (Å²) in [7, 11) is 2.01. The highest BCUT2D eigenvalue weighted by molar-refractivity contribution is 5.94. The van der Waals surface area contributed by atoms with E-state index in [1.54, 1.807) is 0 Å². The molecule has 0 saturated carbocycles. The predicted octanol–water partition coefficient (Wildman–Crippen LogP) is 1.28. The van der Waals surface area contributed by atoms with E-state index < -0.39 is 11.8 Å². The highest BCUT2D eigenvalue weighted by Crippen LogP contribution is 2.23. The van der Waals surface area contributed by atoms with E-state index in [1.165, 1.54) is 18.2 Å². The molecule has 4 nitrogen and oxygen atoms in total. The molecule has 1 aromatic carbocycles. The molecule has 0 unspecified atom stereocenters. The largest absolute Gasteiger partial charge is 0.478 e. The number of carboxylic acids is 1. The molecule has 1 aliphatic rings. The van der Waals surface area contributed by atoms with Crippen LogP contribution in [0.25, 0.3) is 0 Å². The van der Waals surface area contributed by atoms with Crippen molar-refractivity contribution in [3.63, 3.8) is 0 Å². The molecule has 1 aliphatic heterocycles. The molecule has 1 saturated heterocycles. The van der Waals surface area contributed by atoms with Crippen LogP contribution in [0.1, 0.15) is 10.4 Å². The summed E-state index contributed by atoms with van der Waals surface area (Å²) in [5, 5.41) is 9.08. The van der Waals surface area contributed by atoms with E-state index in [1.807, 2.05) is 11.9 Å². The number of aromatic carboxylic acids is 1. The standard InChI is InChI=1S/C12H15FN2O2/c1-14-4-6-15(7-5-14)11-8-9(13)2-3-10(11)12(16)17/h2-3,8H,4-7H2,1H3,(H,16,17). The predicted molar refractivity (Wildman–Crippen MR) is 63.1 cm³/mol. The van der Waals surface area contributed by atoms with Gasteiger partial charge in [-0.25, -0.2) is 9.18 Å². The van der Waals surface area contributed by atoms with Crippen LogP contribution in [-0.2, 0) is 0 Å². The van der Waals surface area contributed by atoms with E-state index >= 15 is 0 Å². The number of carboxylic acid groups (broad SMARTS) is 1. The van der Waals surface area contributed by atoms with Gasteiger partial charge in [0, 0.05) is 26.2 Å². The second-order valence-electron chi connectivity index (χ2n) is 4.26. The molecule has 1 N–H and O–H groups in total. The minimum Gasteiger partial charge on any atom is -0.478 e. The van der Waals surface area contributed by atoms with Crippen molar-refractivity contribution in [3.8, 4) is 0 Å². The molecule has 5 heteroatoms. The Labute approximate surface area is 99.3 Å². The zero-order valence-corrected chi connectivity index (χ0v) is 9.69. The van der Waals surface area contributed by atoms with Crippen molar-refractivity contribution in [2.75, 3.05) is 38.1 Å². The van der Waals surface area contributed by atoms with Crippen LogP contribution in [0.5, 0.6) is 0 Å². The maximum atomic E-state index is 13.2. The van der Waals surface area contributed by atoms with Crippen LogP contribution in [0.4, 0.5) is 10.1 Å².